The molecule has 0 aliphatic heterocycles. The molecule has 0 atom stereocenters. The van der Waals surface area contributed by atoms with Gasteiger partial charge in [0.15, 0.2) is 0 Å². The van der Waals surface area contributed by atoms with Gasteiger partial charge in [0.2, 0.25) is 0 Å². The van der Waals surface area contributed by atoms with E-state index < -0.39 is 0 Å². The van der Waals surface area contributed by atoms with E-state index in [0.717, 1.165) is 12.8 Å². The fraction of sp³-hybridized carbons (Fsp3) is 0.857. The molecule has 2 heteroatoms. The maximum absolute atomic E-state index is 6.92. The first-order chi connectivity index (χ1) is 4.21. The highest BCUT2D eigenvalue weighted by Gasteiger charge is 2.45. The molecule has 1 fully saturated rings. The lowest BCUT2D eigenvalue weighted by Crippen LogP contribution is -2.46. The molecule has 1 aliphatic carbocycles. The van der Waals surface area contributed by atoms with Crippen LogP contribution in [0.15, 0.2) is 0 Å². The van der Waals surface area contributed by atoms with Crippen LogP contribution in [0.1, 0.15) is 19.3 Å². The number of hydrogen-bond acceptors (Lipinski definition) is 1. The predicted molar refractivity (Wildman–Crippen MR) is 36.9 cm³/mol. The van der Waals surface area contributed by atoms with Crippen molar-refractivity contribution in [3.05, 3.63) is 11.4 Å². The smallest absolute Gasteiger partial charge is 0.288 e. The molecule has 1 rings (SSSR count). The molecule has 0 bridgehead atoms. The molecule has 0 aromatic rings. The van der Waals surface area contributed by atoms with Gasteiger partial charge >= 0.3 is 0 Å². The third-order valence-corrected chi connectivity index (χ3v) is 2.19. The first-order valence-electron chi connectivity index (χ1n) is 3.27. The standard InChI is InChI=1S/C7H12N2/c1-8-7(9(2)3)5-4-6-7/h4-6H2,2-3H3. The van der Waals surface area contributed by atoms with Crippen LogP contribution >= 0.6 is 0 Å². The fourth-order valence-corrected chi connectivity index (χ4v) is 1.15. The van der Waals surface area contributed by atoms with Gasteiger partial charge in [-0.25, -0.2) is 11.5 Å². The summed E-state index contributed by atoms with van der Waals surface area (Å²) in [5, 5.41) is 0. The van der Waals surface area contributed by atoms with E-state index in [4.69, 9.17) is 6.57 Å². The molecule has 0 saturated heterocycles. The van der Waals surface area contributed by atoms with Crippen LogP contribution in [0.4, 0.5) is 0 Å². The minimum atomic E-state index is -0.111. The van der Waals surface area contributed by atoms with E-state index in [1.807, 2.05) is 19.0 Å². The predicted octanol–water partition coefficient (Wildman–Crippen LogP) is 1.35. The fourth-order valence-electron chi connectivity index (χ4n) is 1.15. The Kier molecular flexibility index (Phi) is 1.46. The highest BCUT2D eigenvalue weighted by Crippen LogP contribution is 2.36. The molecular formula is C7H12N2. The highest BCUT2D eigenvalue weighted by molar-refractivity contribution is 5.02. The Hall–Kier alpha value is -0.550. The molecule has 50 valence electrons. The zero-order valence-electron chi connectivity index (χ0n) is 6.02. The van der Waals surface area contributed by atoms with Gasteiger partial charge in [0, 0.05) is 12.8 Å². The summed E-state index contributed by atoms with van der Waals surface area (Å²) in [7, 11) is 3.97. The Balaban J connectivity index is 2.60. The summed E-state index contributed by atoms with van der Waals surface area (Å²) < 4.78 is 0. The van der Waals surface area contributed by atoms with Gasteiger partial charge in [0.1, 0.15) is 0 Å². The number of nitrogens with zero attached hydrogens (tertiary/aromatic N) is 2. The van der Waals surface area contributed by atoms with Gasteiger partial charge in [0.05, 0.1) is 0 Å². The van der Waals surface area contributed by atoms with E-state index in [2.05, 4.69) is 4.85 Å². The van der Waals surface area contributed by atoms with Crippen LogP contribution in [0.25, 0.3) is 4.85 Å². The lowest BCUT2D eigenvalue weighted by molar-refractivity contribution is 0.109. The molecule has 0 spiro atoms. The van der Waals surface area contributed by atoms with E-state index in [9.17, 15) is 0 Å². The summed E-state index contributed by atoms with van der Waals surface area (Å²) in [6.45, 7) is 6.92. The summed E-state index contributed by atoms with van der Waals surface area (Å²) in [4.78, 5) is 5.63. The van der Waals surface area contributed by atoms with Crippen LogP contribution in [-0.4, -0.2) is 24.7 Å². The lowest BCUT2D eigenvalue weighted by atomic mass is 9.85. The van der Waals surface area contributed by atoms with Crippen LogP contribution in [0, 0.1) is 6.57 Å². The van der Waals surface area contributed by atoms with Gasteiger partial charge in [-0.05, 0) is 20.5 Å². The van der Waals surface area contributed by atoms with Crippen molar-refractivity contribution in [3.8, 4) is 0 Å². The van der Waals surface area contributed by atoms with Gasteiger partial charge in [0.25, 0.3) is 5.66 Å². The summed E-state index contributed by atoms with van der Waals surface area (Å²) in [6, 6.07) is 0. The van der Waals surface area contributed by atoms with Crippen LogP contribution in [-0.2, 0) is 0 Å². The van der Waals surface area contributed by atoms with E-state index in [0.29, 0.717) is 0 Å². The van der Waals surface area contributed by atoms with Crippen LogP contribution in [0.2, 0.25) is 0 Å². The summed E-state index contributed by atoms with van der Waals surface area (Å²) in [5.41, 5.74) is -0.111. The Morgan fingerprint density at radius 3 is 2.00 bits per heavy atom. The third kappa shape index (κ3) is 0.818. The first kappa shape index (κ1) is 6.57. The monoisotopic (exact) mass is 124 g/mol. The topological polar surface area (TPSA) is 7.60 Å². The molecule has 2 nitrogen and oxygen atoms in total. The average molecular weight is 124 g/mol. The molecule has 0 heterocycles. The normalized spacial score (nSPS) is 22.9. The van der Waals surface area contributed by atoms with Crippen LogP contribution < -0.4 is 0 Å². The second-order valence-corrected chi connectivity index (χ2v) is 2.84. The van der Waals surface area contributed by atoms with Gasteiger partial charge in [-0.2, -0.15) is 0 Å². The van der Waals surface area contributed by atoms with Crippen molar-refractivity contribution in [3.63, 3.8) is 0 Å². The van der Waals surface area contributed by atoms with Crippen molar-refractivity contribution in [1.29, 1.82) is 0 Å². The van der Waals surface area contributed by atoms with E-state index >= 15 is 0 Å². The van der Waals surface area contributed by atoms with E-state index in [1.165, 1.54) is 6.42 Å². The van der Waals surface area contributed by atoms with Gasteiger partial charge in [-0.1, -0.05) is 0 Å². The van der Waals surface area contributed by atoms with Crippen molar-refractivity contribution >= 4 is 0 Å². The lowest BCUT2D eigenvalue weighted by Gasteiger charge is -2.35. The van der Waals surface area contributed by atoms with Gasteiger partial charge in [-0.15, -0.1) is 0 Å². The maximum atomic E-state index is 6.92. The van der Waals surface area contributed by atoms with Crippen molar-refractivity contribution in [2.75, 3.05) is 14.1 Å². The molecular weight excluding hydrogens is 112 g/mol. The van der Waals surface area contributed by atoms with Crippen molar-refractivity contribution < 1.29 is 0 Å². The summed E-state index contributed by atoms with van der Waals surface area (Å²) >= 11 is 0. The number of hydrogen-bond donors (Lipinski definition) is 0. The Bertz CT molecular complexity index is 139. The Morgan fingerprint density at radius 2 is 2.00 bits per heavy atom. The molecule has 0 aromatic carbocycles. The first-order valence-corrected chi connectivity index (χ1v) is 3.27. The second kappa shape index (κ2) is 2.00. The van der Waals surface area contributed by atoms with E-state index in [-0.39, 0.29) is 5.66 Å². The molecule has 0 radical (unpaired) electrons. The molecule has 0 N–H and O–H groups in total. The molecule has 0 aromatic heterocycles. The Morgan fingerprint density at radius 1 is 1.44 bits per heavy atom. The molecule has 0 amide bonds. The molecule has 0 unspecified atom stereocenters. The van der Waals surface area contributed by atoms with E-state index in [1.54, 1.807) is 0 Å². The van der Waals surface area contributed by atoms with Crippen LogP contribution in [0.5, 0.6) is 0 Å². The zero-order valence-corrected chi connectivity index (χ0v) is 6.02. The summed E-state index contributed by atoms with van der Waals surface area (Å²) in [6.07, 6.45) is 3.34. The minimum absolute atomic E-state index is 0.111. The average Bonchev–Trinajstić information content (AvgIpc) is 1.62. The van der Waals surface area contributed by atoms with Gasteiger partial charge < -0.3 is 0 Å². The molecule has 1 saturated carbocycles. The summed E-state index contributed by atoms with van der Waals surface area (Å²) in [5.74, 6) is 0. The van der Waals surface area contributed by atoms with Crippen molar-refractivity contribution in [1.82, 2.24) is 4.90 Å². The molecule has 9 heavy (non-hydrogen) atoms. The maximum Gasteiger partial charge on any atom is 0.288 e. The second-order valence-electron chi connectivity index (χ2n) is 2.84. The van der Waals surface area contributed by atoms with Crippen molar-refractivity contribution in [2.24, 2.45) is 0 Å². The highest BCUT2D eigenvalue weighted by atomic mass is 15.3. The molecule has 1 aliphatic rings. The zero-order chi connectivity index (χ0) is 6.91. The van der Waals surface area contributed by atoms with Crippen molar-refractivity contribution in [2.45, 2.75) is 24.9 Å². The number of rotatable bonds is 1. The van der Waals surface area contributed by atoms with Gasteiger partial charge in [-0.3, -0.25) is 4.85 Å². The largest absolute Gasteiger partial charge is 0.293 e. The quantitative estimate of drug-likeness (QED) is 0.479. The minimum Gasteiger partial charge on any atom is -0.293 e. The Labute approximate surface area is 56.3 Å². The van der Waals surface area contributed by atoms with Crippen LogP contribution in [0.3, 0.4) is 0 Å². The SMILES string of the molecule is [C-]#[N+]C1(N(C)C)CCC1. The third-order valence-electron chi connectivity index (χ3n) is 2.19.